The molecule has 0 radical (unpaired) electrons. The van der Waals surface area contributed by atoms with Crippen molar-refractivity contribution in [3.05, 3.63) is 59.7 Å². The summed E-state index contributed by atoms with van der Waals surface area (Å²) in [6.07, 6.45) is 3.37. The summed E-state index contributed by atoms with van der Waals surface area (Å²) in [5, 5.41) is 0. The van der Waals surface area contributed by atoms with Crippen LogP contribution in [0.3, 0.4) is 0 Å². The smallest absolute Gasteiger partial charge is 0.265 e. The average molecular weight is 339 g/mol. The van der Waals surface area contributed by atoms with Crippen molar-refractivity contribution in [1.29, 1.82) is 0 Å². The van der Waals surface area contributed by atoms with Gasteiger partial charge in [0.1, 0.15) is 5.75 Å². The molecule has 5 heteroatoms. The van der Waals surface area contributed by atoms with E-state index in [0.717, 1.165) is 43.8 Å². The second-order valence-corrected chi connectivity index (χ2v) is 6.47. The summed E-state index contributed by atoms with van der Waals surface area (Å²) in [4.78, 5) is 13.9. The Morgan fingerprint density at radius 2 is 1.84 bits per heavy atom. The van der Waals surface area contributed by atoms with E-state index in [2.05, 4.69) is 22.5 Å². The average Bonchev–Trinajstić information content (AvgIpc) is 2.68. The predicted molar refractivity (Wildman–Crippen MR) is 99.7 cm³/mol. The number of piperidine rings is 1. The van der Waals surface area contributed by atoms with Crippen LogP contribution in [-0.2, 0) is 6.42 Å². The summed E-state index contributed by atoms with van der Waals surface area (Å²) in [5.41, 5.74) is 5.19. The van der Waals surface area contributed by atoms with Gasteiger partial charge in [-0.15, -0.1) is 0 Å². The number of hydrazine groups is 1. The lowest BCUT2D eigenvalue weighted by Crippen LogP contribution is -2.34. The second-order valence-electron chi connectivity index (χ2n) is 6.47. The van der Waals surface area contributed by atoms with Crippen molar-refractivity contribution in [3.63, 3.8) is 0 Å². The number of methoxy groups -OCH3 is 1. The minimum atomic E-state index is -0.262. The molecule has 0 aliphatic carbocycles. The van der Waals surface area contributed by atoms with Crippen molar-refractivity contribution < 1.29 is 9.53 Å². The summed E-state index contributed by atoms with van der Waals surface area (Å²) >= 11 is 0. The van der Waals surface area contributed by atoms with E-state index in [4.69, 9.17) is 10.6 Å². The van der Waals surface area contributed by atoms with Gasteiger partial charge in [0, 0.05) is 24.3 Å². The SMILES string of the molecule is COc1ccccc1CC1CCN(c2ccc(C(=O)NN)cc2)CC1. The minimum absolute atomic E-state index is 0.262. The molecule has 1 aliphatic rings. The molecule has 2 aromatic rings. The molecular weight excluding hydrogens is 314 g/mol. The molecule has 2 aromatic carbocycles. The molecule has 0 unspecified atom stereocenters. The standard InChI is InChI=1S/C20H25N3O2/c1-25-19-5-3-2-4-17(19)14-15-10-12-23(13-11-15)18-8-6-16(7-9-18)20(24)22-21/h2-9,15H,10-14,21H2,1H3,(H,22,24). The lowest BCUT2D eigenvalue weighted by molar-refractivity contribution is 0.0953. The predicted octanol–water partition coefficient (Wildman–Crippen LogP) is 2.76. The fourth-order valence-corrected chi connectivity index (χ4v) is 3.48. The van der Waals surface area contributed by atoms with E-state index in [0.29, 0.717) is 11.5 Å². The fourth-order valence-electron chi connectivity index (χ4n) is 3.48. The second kappa shape index (κ2) is 8.03. The van der Waals surface area contributed by atoms with E-state index in [9.17, 15) is 4.79 Å². The molecule has 0 saturated carbocycles. The summed E-state index contributed by atoms with van der Waals surface area (Å²) in [6, 6.07) is 15.9. The van der Waals surface area contributed by atoms with Crippen molar-refractivity contribution >= 4 is 11.6 Å². The van der Waals surface area contributed by atoms with Crippen LogP contribution in [0.5, 0.6) is 5.75 Å². The number of nitrogens with zero attached hydrogens (tertiary/aromatic N) is 1. The minimum Gasteiger partial charge on any atom is -0.496 e. The number of nitrogens with one attached hydrogen (secondary N) is 1. The highest BCUT2D eigenvalue weighted by atomic mass is 16.5. The molecular formula is C20H25N3O2. The zero-order valence-corrected chi connectivity index (χ0v) is 14.6. The van der Waals surface area contributed by atoms with Gasteiger partial charge in [0.15, 0.2) is 0 Å². The zero-order chi connectivity index (χ0) is 17.6. The van der Waals surface area contributed by atoms with Crippen molar-refractivity contribution in [1.82, 2.24) is 5.43 Å². The molecule has 3 rings (SSSR count). The number of para-hydroxylation sites is 1. The molecule has 3 N–H and O–H groups in total. The van der Waals surface area contributed by atoms with Crippen LogP contribution in [0, 0.1) is 5.92 Å². The number of hydrogen-bond acceptors (Lipinski definition) is 4. The summed E-state index contributed by atoms with van der Waals surface area (Å²) in [7, 11) is 1.73. The zero-order valence-electron chi connectivity index (χ0n) is 14.6. The van der Waals surface area contributed by atoms with Gasteiger partial charge in [0.2, 0.25) is 0 Å². The number of hydrogen-bond donors (Lipinski definition) is 2. The Kier molecular flexibility index (Phi) is 5.56. The molecule has 0 atom stereocenters. The van der Waals surface area contributed by atoms with E-state index in [1.807, 2.05) is 36.4 Å². The molecule has 1 fully saturated rings. The first-order valence-electron chi connectivity index (χ1n) is 8.69. The fraction of sp³-hybridized carbons (Fsp3) is 0.350. The first-order chi connectivity index (χ1) is 12.2. The molecule has 1 saturated heterocycles. The van der Waals surface area contributed by atoms with Crippen molar-refractivity contribution in [2.45, 2.75) is 19.3 Å². The van der Waals surface area contributed by atoms with Crippen molar-refractivity contribution in [2.24, 2.45) is 11.8 Å². The number of ether oxygens (including phenoxy) is 1. The van der Waals surface area contributed by atoms with E-state index >= 15 is 0 Å². The highest BCUT2D eigenvalue weighted by Gasteiger charge is 2.21. The molecule has 1 amide bonds. The number of nitrogen functional groups attached to an aromatic ring is 1. The molecule has 5 nitrogen and oxygen atoms in total. The van der Waals surface area contributed by atoms with Gasteiger partial charge in [-0.05, 0) is 61.1 Å². The first-order valence-corrected chi connectivity index (χ1v) is 8.69. The van der Waals surface area contributed by atoms with Crippen molar-refractivity contribution in [2.75, 3.05) is 25.1 Å². The molecule has 25 heavy (non-hydrogen) atoms. The van der Waals surface area contributed by atoms with E-state index in [-0.39, 0.29) is 5.91 Å². The van der Waals surface area contributed by atoms with Crippen LogP contribution >= 0.6 is 0 Å². The quantitative estimate of drug-likeness (QED) is 0.499. The molecule has 0 bridgehead atoms. The topological polar surface area (TPSA) is 67.6 Å². The van der Waals surface area contributed by atoms with Crippen LogP contribution in [0.2, 0.25) is 0 Å². The molecule has 0 spiro atoms. The van der Waals surface area contributed by atoms with E-state index in [1.165, 1.54) is 5.56 Å². The van der Waals surface area contributed by atoms with Gasteiger partial charge >= 0.3 is 0 Å². The number of nitrogens with two attached hydrogens (primary N) is 1. The van der Waals surface area contributed by atoms with Gasteiger partial charge in [0.25, 0.3) is 5.91 Å². The van der Waals surface area contributed by atoms with Gasteiger partial charge in [-0.2, -0.15) is 0 Å². The molecule has 1 heterocycles. The Bertz CT molecular complexity index is 707. The highest BCUT2D eigenvalue weighted by molar-refractivity contribution is 5.94. The van der Waals surface area contributed by atoms with Crippen LogP contribution in [0.25, 0.3) is 0 Å². The summed E-state index contributed by atoms with van der Waals surface area (Å²) in [6.45, 7) is 2.06. The monoisotopic (exact) mass is 339 g/mol. The van der Waals surface area contributed by atoms with Crippen LogP contribution in [0.1, 0.15) is 28.8 Å². The van der Waals surface area contributed by atoms with Crippen molar-refractivity contribution in [3.8, 4) is 5.75 Å². The Morgan fingerprint density at radius 3 is 2.48 bits per heavy atom. The Morgan fingerprint density at radius 1 is 1.16 bits per heavy atom. The van der Waals surface area contributed by atoms with Gasteiger partial charge in [0.05, 0.1) is 7.11 Å². The lowest BCUT2D eigenvalue weighted by atomic mass is 9.89. The Hall–Kier alpha value is -2.53. The van der Waals surface area contributed by atoms with Gasteiger partial charge in [-0.1, -0.05) is 18.2 Å². The first kappa shape index (κ1) is 17.3. The van der Waals surface area contributed by atoms with E-state index < -0.39 is 0 Å². The molecule has 0 aromatic heterocycles. The Balaban J connectivity index is 1.57. The van der Waals surface area contributed by atoms with Crippen LogP contribution in [0.4, 0.5) is 5.69 Å². The number of carbonyl (C=O) groups is 1. The summed E-state index contributed by atoms with van der Waals surface area (Å²) in [5.74, 6) is 6.56. The molecule has 132 valence electrons. The van der Waals surface area contributed by atoms with E-state index in [1.54, 1.807) is 7.11 Å². The van der Waals surface area contributed by atoms with Gasteiger partial charge in [-0.3, -0.25) is 10.2 Å². The third kappa shape index (κ3) is 4.12. The molecule has 1 aliphatic heterocycles. The highest BCUT2D eigenvalue weighted by Crippen LogP contribution is 2.28. The number of anilines is 1. The largest absolute Gasteiger partial charge is 0.496 e. The van der Waals surface area contributed by atoms with Crippen LogP contribution in [0.15, 0.2) is 48.5 Å². The van der Waals surface area contributed by atoms with Crippen LogP contribution < -0.4 is 20.9 Å². The maximum absolute atomic E-state index is 11.5. The number of rotatable bonds is 5. The number of benzene rings is 2. The lowest BCUT2D eigenvalue weighted by Gasteiger charge is -2.34. The van der Waals surface area contributed by atoms with Gasteiger partial charge in [-0.25, -0.2) is 5.84 Å². The summed E-state index contributed by atoms with van der Waals surface area (Å²) < 4.78 is 5.47. The third-order valence-corrected chi connectivity index (χ3v) is 4.94. The maximum atomic E-state index is 11.5. The maximum Gasteiger partial charge on any atom is 0.265 e. The normalized spacial score (nSPS) is 15.0. The number of amides is 1. The third-order valence-electron chi connectivity index (χ3n) is 4.94. The Labute approximate surface area is 148 Å². The number of carbonyl (C=O) groups excluding carboxylic acids is 1. The van der Waals surface area contributed by atoms with Crippen LogP contribution in [-0.4, -0.2) is 26.1 Å². The van der Waals surface area contributed by atoms with Gasteiger partial charge < -0.3 is 9.64 Å².